The average molecular weight is 494 g/mol. The summed E-state index contributed by atoms with van der Waals surface area (Å²) in [6, 6.07) is 12.8. The van der Waals surface area contributed by atoms with E-state index in [1.54, 1.807) is 14.2 Å². The lowest BCUT2D eigenvalue weighted by Gasteiger charge is -2.32. The van der Waals surface area contributed by atoms with Crippen molar-refractivity contribution in [3.8, 4) is 22.8 Å². The SMILES string of the molecule is COc1ccc(-c2[nH]c3ccc(C4CCN(CCOC(=O)NC(C)(C)C)CC4)cc3c2C)cc1OC. The number of alkyl carbamates (subject to hydrolysis) is 1. The lowest BCUT2D eigenvalue weighted by molar-refractivity contribution is 0.112. The molecule has 36 heavy (non-hydrogen) atoms. The maximum Gasteiger partial charge on any atom is 0.407 e. The van der Waals surface area contributed by atoms with Crippen LogP contribution in [0.25, 0.3) is 22.2 Å². The topological polar surface area (TPSA) is 75.8 Å². The number of benzene rings is 2. The smallest absolute Gasteiger partial charge is 0.407 e. The van der Waals surface area contributed by atoms with Crippen molar-refractivity contribution in [1.29, 1.82) is 0 Å². The highest BCUT2D eigenvalue weighted by Crippen LogP contribution is 2.37. The quantitative estimate of drug-likeness (QED) is 0.431. The fourth-order valence-electron chi connectivity index (χ4n) is 4.98. The molecule has 7 nitrogen and oxygen atoms in total. The van der Waals surface area contributed by atoms with Gasteiger partial charge in [0.25, 0.3) is 0 Å². The third-order valence-electron chi connectivity index (χ3n) is 6.93. The van der Waals surface area contributed by atoms with Crippen molar-refractivity contribution in [2.24, 2.45) is 0 Å². The summed E-state index contributed by atoms with van der Waals surface area (Å²) in [6.07, 6.45) is 1.86. The molecule has 0 saturated carbocycles. The van der Waals surface area contributed by atoms with Crippen molar-refractivity contribution in [3.63, 3.8) is 0 Å². The number of piperidine rings is 1. The maximum absolute atomic E-state index is 11.9. The van der Waals surface area contributed by atoms with E-state index in [4.69, 9.17) is 14.2 Å². The van der Waals surface area contributed by atoms with Crippen LogP contribution in [0.2, 0.25) is 0 Å². The zero-order valence-electron chi connectivity index (χ0n) is 22.4. The molecule has 1 aliphatic rings. The second-order valence-electron chi connectivity index (χ2n) is 10.6. The van der Waals surface area contributed by atoms with Gasteiger partial charge >= 0.3 is 6.09 Å². The van der Waals surface area contributed by atoms with Crippen molar-refractivity contribution < 1.29 is 19.0 Å². The predicted octanol–water partition coefficient (Wildman–Crippen LogP) is 5.86. The second kappa shape index (κ2) is 10.8. The summed E-state index contributed by atoms with van der Waals surface area (Å²) in [7, 11) is 3.31. The molecule has 2 N–H and O–H groups in total. The fourth-order valence-corrected chi connectivity index (χ4v) is 4.98. The number of hydrogen-bond acceptors (Lipinski definition) is 5. The Bertz CT molecular complexity index is 1200. The Balaban J connectivity index is 1.39. The number of aromatic nitrogens is 1. The number of nitrogens with zero attached hydrogens (tertiary/aromatic N) is 1. The van der Waals surface area contributed by atoms with Crippen LogP contribution in [0, 0.1) is 6.92 Å². The van der Waals surface area contributed by atoms with Crippen LogP contribution in [0.4, 0.5) is 4.79 Å². The van der Waals surface area contributed by atoms with Gasteiger partial charge in [0.05, 0.1) is 14.2 Å². The van der Waals surface area contributed by atoms with E-state index < -0.39 is 0 Å². The van der Waals surface area contributed by atoms with Crippen molar-refractivity contribution in [1.82, 2.24) is 15.2 Å². The molecule has 7 heteroatoms. The molecule has 2 aromatic carbocycles. The fraction of sp³-hybridized carbons (Fsp3) is 0.483. The number of likely N-dealkylation sites (tertiary alicyclic amines) is 1. The van der Waals surface area contributed by atoms with E-state index in [1.807, 2.05) is 32.9 Å². The number of ether oxygens (including phenoxy) is 3. The van der Waals surface area contributed by atoms with Gasteiger partial charge in [-0.15, -0.1) is 0 Å². The number of aromatic amines is 1. The van der Waals surface area contributed by atoms with E-state index in [0.29, 0.717) is 12.5 Å². The molecule has 0 bridgehead atoms. The number of amides is 1. The molecule has 0 spiro atoms. The van der Waals surface area contributed by atoms with Crippen LogP contribution in [0.3, 0.4) is 0 Å². The predicted molar refractivity (Wildman–Crippen MR) is 144 cm³/mol. The van der Waals surface area contributed by atoms with Gasteiger partial charge in [0, 0.05) is 34.2 Å². The molecular formula is C29H39N3O4. The number of methoxy groups -OCH3 is 2. The van der Waals surface area contributed by atoms with Crippen molar-refractivity contribution in [3.05, 3.63) is 47.5 Å². The molecule has 1 fully saturated rings. The lowest BCUT2D eigenvalue weighted by atomic mass is 9.88. The number of nitrogens with one attached hydrogen (secondary N) is 2. The minimum Gasteiger partial charge on any atom is -0.493 e. The van der Waals surface area contributed by atoms with Gasteiger partial charge in [-0.05, 0) is 101 Å². The molecule has 0 radical (unpaired) electrons. The number of carbonyl (C=O) groups is 1. The Kier molecular flexibility index (Phi) is 7.79. The Morgan fingerprint density at radius 1 is 1.06 bits per heavy atom. The first-order valence-corrected chi connectivity index (χ1v) is 12.7. The van der Waals surface area contributed by atoms with Crippen LogP contribution in [0.5, 0.6) is 11.5 Å². The Morgan fingerprint density at radius 3 is 2.44 bits per heavy atom. The van der Waals surface area contributed by atoms with Gasteiger partial charge in [0.15, 0.2) is 11.5 Å². The summed E-state index contributed by atoms with van der Waals surface area (Å²) in [5.41, 5.74) is 5.68. The summed E-state index contributed by atoms with van der Waals surface area (Å²) < 4.78 is 16.2. The zero-order chi connectivity index (χ0) is 25.9. The van der Waals surface area contributed by atoms with Crippen LogP contribution in [0.15, 0.2) is 36.4 Å². The van der Waals surface area contributed by atoms with Gasteiger partial charge in [-0.3, -0.25) is 4.90 Å². The van der Waals surface area contributed by atoms with Crippen LogP contribution in [-0.4, -0.2) is 62.0 Å². The molecule has 1 saturated heterocycles. The Labute approximate surface area is 214 Å². The summed E-state index contributed by atoms with van der Waals surface area (Å²) in [4.78, 5) is 17.8. The first-order chi connectivity index (χ1) is 17.2. The highest BCUT2D eigenvalue weighted by atomic mass is 16.5. The van der Waals surface area contributed by atoms with Crippen molar-refractivity contribution in [2.75, 3.05) is 40.5 Å². The largest absolute Gasteiger partial charge is 0.493 e. The molecule has 0 aliphatic carbocycles. The summed E-state index contributed by atoms with van der Waals surface area (Å²) in [5.74, 6) is 1.98. The average Bonchev–Trinajstić information content (AvgIpc) is 3.18. The van der Waals surface area contributed by atoms with Gasteiger partial charge in [0.1, 0.15) is 6.61 Å². The third kappa shape index (κ3) is 5.95. The molecule has 1 aromatic heterocycles. The van der Waals surface area contributed by atoms with Crippen LogP contribution >= 0.6 is 0 Å². The normalized spacial score (nSPS) is 15.2. The highest BCUT2D eigenvalue weighted by Gasteiger charge is 2.22. The maximum atomic E-state index is 11.9. The molecule has 0 atom stereocenters. The standard InChI is InChI=1S/C29H39N3O4/c1-19-23-17-21(20-11-13-32(14-12-20)15-16-36-28(33)31-29(2,3)4)7-9-24(23)30-27(19)22-8-10-25(34-5)26(18-22)35-6/h7-10,17-18,20,30H,11-16H2,1-6H3,(H,31,33). The molecule has 1 amide bonds. The summed E-state index contributed by atoms with van der Waals surface area (Å²) >= 11 is 0. The summed E-state index contributed by atoms with van der Waals surface area (Å²) in [5, 5.41) is 4.10. The zero-order valence-corrected chi connectivity index (χ0v) is 22.4. The van der Waals surface area contributed by atoms with E-state index in [1.165, 1.54) is 16.5 Å². The molecule has 1 aliphatic heterocycles. The molecule has 4 rings (SSSR count). The first kappa shape index (κ1) is 25.9. The minimum atomic E-state index is -0.347. The van der Waals surface area contributed by atoms with Gasteiger partial charge in [-0.25, -0.2) is 4.79 Å². The Morgan fingerprint density at radius 2 is 1.78 bits per heavy atom. The highest BCUT2D eigenvalue weighted by molar-refractivity contribution is 5.91. The molecular weight excluding hydrogens is 454 g/mol. The van der Waals surface area contributed by atoms with E-state index in [9.17, 15) is 4.79 Å². The third-order valence-corrected chi connectivity index (χ3v) is 6.93. The van der Waals surface area contributed by atoms with E-state index >= 15 is 0 Å². The van der Waals surface area contributed by atoms with Crippen LogP contribution < -0.4 is 14.8 Å². The molecule has 0 unspecified atom stereocenters. The van der Waals surface area contributed by atoms with Crippen molar-refractivity contribution >= 4 is 17.0 Å². The van der Waals surface area contributed by atoms with Gasteiger partial charge in [0.2, 0.25) is 0 Å². The van der Waals surface area contributed by atoms with Gasteiger partial charge in [-0.1, -0.05) is 6.07 Å². The lowest BCUT2D eigenvalue weighted by Crippen LogP contribution is -2.42. The van der Waals surface area contributed by atoms with Gasteiger partial charge < -0.3 is 24.5 Å². The van der Waals surface area contributed by atoms with E-state index in [2.05, 4.69) is 46.4 Å². The monoisotopic (exact) mass is 493 g/mol. The number of rotatable bonds is 7. The minimum absolute atomic E-state index is 0.281. The number of aryl methyl sites for hydroxylation is 1. The molecule has 3 aromatic rings. The first-order valence-electron chi connectivity index (χ1n) is 12.7. The van der Waals surface area contributed by atoms with Crippen LogP contribution in [-0.2, 0) is 4.74 Å². The Hall–Kier alpha value is -3.19. The molecule has 2 heterocycles. The number of H-pyrrole nitrogens is 1. The van der Waals surface area contributed by atoms with Crippen molar-refractivity contribution in [2.45, 2.75) is 52.0 Å². The summed E-state index contributed by atoms with van der Waals surface area (Å²) in [6.45, 7) is 11.2. The number of hydrogen-bond donors (Lipinski definition) is 2. The van der Waals surface area contributed by atoms with Crippen LogP contribution in [0.1, 0.15) is 50.7 Å². The van der Waals surface area contributed by atoms with E-state index in [-0.39, 0.29) is 11.6 Å². The van der Waals surface area contributed by atoms with E-state index in [0.717, 1.165) is 60.7 Å². The number of fused-ring (bicyclic) bond motifs is 1. The van der Waals surface area contributed by atoms with Gasteiger partial charge in [-0.2, -0.15) is 0 Å². The molecule has 194 valence electrons. The second-order valence-corrected chi connectivity index (χ2v) is 10.6. The number of carbonyl (C=O) groups excluding carboxylic acids is 1.